The molecule has 0 aliphatic heterocycles. The molecule has 14 heteroatoms. The van der Waals surface area contributed by atoms with Gasteiger partial charge in [-0.2, -0.15) is 0 Å². The van der Waals surface area contributed by atoms with Gasteiger partial charge >= 0.3 is 0 Å². The monoisotopic (exact) mass is 888 g/mol. The molecular weight excluding hydrogens is 807 g/mol. The van der Waals surface area contributed by atoms with Crippen molar-refractivity contribution < 1.29 is 66.7 Å². The van der Waals surface area contributed by atoms with Crippen LogP contribution in [0.25, 0.3) is 0 Å². The lowest BCUT2D eigenvalue weighted by atomic mass is 10.1. The van der Waals surface area contributed by atoms with Gasteiger partial charge in [0.25, 0.3) is 5.91 Å². The molecule has 0 fully saturated rings. The Labute approximate surface area is 376 Å². The summed E-state index contributed by atoms with van der Waals surface area (Å²) in [5, 5.41) is 80.6. The van der Waals surface area contributed by atoms with E-state index in [1.807, 2.05) is 50.3 Å². The van der Waals surface area contributed by atoms with Crippen LogP contribution in [0.1, 0.15) is 111 Å². The Bertz CT molecular complexity index is 1450. The highest BCUT2D eigenvalue weighted by Crippen LogP contribution is 2.04. The summed E-state index contributed by atoms with van der Waals surface area (Å²) in [6.45, 7) is 8.29. The first-order chi connectivity index (χ1) is 30.0. The first-order valence-corrected chi connectivity index (χ1v) is 22.2. The molecule has 0 heterocycles. The van der Waals surface area contributed by atoms with E-state index in [0.717, 1.165) is 32.2 Å². The Kier molecular flexibility index (Phi) is 45.4. The van der Waals surface area contributed by atoms with Crippen LogP contribution in [0.2, 0.25) is 0 Å². The average Bonchev–Trinajstić information content (AvgIpc) is 3.24. The predicted molar refractivity (Wildman–Crippen MR) is 247 cm³/mol. The molecule has 13 N–H and O–H groups in total. The molecule has 0 saturated heterocycles. The van der Waals surface area contributed by atoms with Crippen LogP contribution < -0.4 is 27.0 Å². The van der Waals surface area contributed by atoms with Crippen molar-refractivity contribution in [3.63, 3.8) is 0 Å². The molecule has 1 amide bonds. The van der Waals surface area contributed by atoms with Gasteiger partial charge in [0.1, 0.15) is 0 Å². The van der Waals surface area contributed by atoms with Crippen molar-refractivity contribution in [1.82, 2.24) is 5.32 Å². The van der Waals surface area contributed by atoms with Crippen molar-refractivity contribution in [3.05, 3.63) is 122 Å². The molecule has 0 spiro atoms. The van der Waals surface area contributed by atoms with E-state index in [1.54, 1.807) is 92.0 Å². The number of nitrogens with one attached hydrogen (secondary N) is 1. The van der Waals surface area contributed by atoms with E-state index in [-0.39, 0.29) is 18.4 Å². The first-order valence-electron chi connectivity index (χ1n) is 22.2. The third-order valence-corrected chi connectivity index (χ3v) is 8.53. The summed E-state index contributed by atoms with van der Waals surface area (Å²) in [6, 6.07) is -1.37. The molecule has 14 nitrogen and oxygen atoms in total. The highest BCUT2D eigenvalue weighted by atomic mass is 16.4. The number of aliphatic hydroxyl groups is 6. The minimum Gasteiger partial charge on any atom is -0.550 e. The lowest BCUT2D eigenvalue weighted by Crippen LogP contribution is -2.67. The Balaban J connectivity index is -0.000000884. The molecule has 0 aromatic rings. The molecule has 0 aliphatic rings. The van der Waals surface area contributed by atoms with E-state index in [4.69, 9.17) is 0 Å². The van der Waals surface area contributed by atoms with E-state index in [1.165, 1.54) is 0 Å². The van der Waals surface area contributed by atoms with Gasteiger partial charge in [0.2, 0.25) is 0 Å². The number of hydrogen-bond donors (Lipinski definition) is 9. The molecule has 358 valence electrons. The molecule has 0 bridgehead atoms. The number of quaternary nitrogens is 2. The fourth-order valence-corrected chi connectivity index (χ4v) is 4.58. The molecule has 8 atom stereocenters. The zero-order valence-corrected chi connectivity index (χ0v) is 38.2. The minimum absolute atomic E-state index is 0.0508. The van der Waals surface area contributed by atoms with E-state index in [0.29, 0.717) is 51.4 Å². The zero-order chi connectivity index (χ0) is 48.1. The van der Waals surface area contributed by atoms with Crippen LogP contribution in [-0.4, -0.2) is 104 Å². The maximum atomic E-state index is 11.2. The van der Waals surface area contributed by atoms with Gasteiger partial charge in [0.15, 0.2) is 6.04 Å². The van der Waals surface area contributed by atoms with Crippen LogP contribution in [0.15, 0.2) is 122 Å². The minimum atomic E-state index is -1.24. The highest BCUT2D eigenvalue weighted by Gasteiger charge is 2.17. The standard InChI is InChI=1S/C20H30O5.C20H32O3.C9H19N3O3/c1-2-17(21)11-8-5-9-14-18(22)12-6-3-4-7-13-19(23)15-10-16-20(24)25;1-3-5-13-19(22)15-9-6-7-10-16-20(23)17-12-8-11-14-18(21)4-2;1-6(11)8(13)12-7(9(14)15)4-2-3-5-10/h3-9,11-13,17-19,21-23H,2,10,14-16H2,1H3,(H,24,25);6-12,14-16,18-23H,3-5,13,17H2,1-2H3;6-7H,2-5,10-11H2,1H3,(H,12,13)(H,14,15)/b4-3+,9-5-,11-8+,12-6+,13-7-;7-6+,12-8-,14-11+,15-9-,16-10+;/t17-,18+,19-;18-,19+,20+;6-,7-/m110/s1. The lowest BCUT2D eigenvalue weighted by Gasteiger charge is -2.19. The Morgan fingerprint density at radius 2 is 0.937 bits per heavy atom. The highest BCUT2D eigenvalue weighted by molar-refractivity contribution is 5.84. The van der Waals surface area contributed by atoms with Gasteiger partial charge in [-0.1, -0.05) is 155 Å². The van der Waals surface area contributed by atoms with E-state index >= 15 is 0 Å². The zero-order valence-electron chi connectivity index (χ0n) is 38.2. The molecule has 0 aliphatic carbocycles. The number of carbonyl (C=O) groups excluding carboxylic acids is 3. The van der Waals surface area contributed by atoms with E-state index in [9.17, 15) is 55.2 Å². The van der Waals surface area contributed by atoms with Crippen molar-refractivity contribution in [2.24, 2.45) is 0 Å². The molecule has 0 saturated carbocycles. The number of rotatable bonds is 32. The summed E-state index contributed by atoms with van der Waals surface area (Å²) in [5.41, 5.74) is 7.17. The summed E-state index contributed by atoms with van der Waals surface area (Å²) in [6.07, 6.45) is 40.0. The van der Waals surface area contributed by atoms with Gasteiger partial charge in [-0.25, -0.2) is 0 Å². The van der Waals surface area contributed by atoms with Gasteiger partial charge in [-0.05, 0) is 77.6 Å². The lowest BCUT2D eigenvalue weighted by molar-refractivity contribution is -0.398. The van der Waals surface area contributed by atoms with Crippen LogP contribution in [0.5, 0.6) is 0 Å². The van der Waals surface area contributed by atoms with E-state index < -0.39 is 54.5 Å². The average molecular weight is 888 g/mol. The Morgan fingerprint density at radius 3 is 1.30 bits per heavy atom. The van der Waals surface area contributed by atoms with Crippen molar-refractivity contribution >= 4 is 17.8 Å². The molecule has 0 aromatic heterocycles. The third-order valence-electron chi connectivity index (χ3n) is 8.53. The summed E-state index contributed by atoms with van der Waals surface area (Å²) < 4.78 is 0. The van der Waals surface area contributed by atoms with Crippen molar-refractivity contribution in [2.75, 3.05) is 6.54 Å². The summed E-state index contributed by atoms with van der Waals surface area (Å²) in [5.74, 6) is -2.71. The van der Waals surface area contributed by atoms with Gasteiger partial charge in [-0.3, -0.25) is 4.79 Å². The normalized spacial score (nSPS) is 16.3. The van der Waals surface area contributed by atoms with Gasteiger partial charge < -0.3 is 67.2 Å². The molecule has 0 radical (unpaired) electrons. The number of unbranched alkanes of at least 4 members (excludes halogenated alkanes) is 2. The molecule has 0 aromatic carbocycles. The second kappa shape index (κ2) is 45.5. The molecule has 63 heavy (non-hydrogen) atoms. The largest absolute Gasteiger partial charge is 0.550 e. The predicted octanol–water partition coefficient (Wildman–Crippen LogP) is 1.67. The van der Waals surface area contributed by atoms with Gasteiger partial charge in [0.05, 0.1) is 55.2 Å². The van der Waals surface area contributed by atoms with Crippen LogP contribution in [0, 0.1) is 0 Å². The Morgan fingerprint density at radius 1 is 0.540 bits per heavy atom. The summed E-state index contributed by atoms with van der Waals surface area (Å²) in [7, 11) is 0. The number of carbonyl (C=O) groups is 3. The fraction of sp³-hybridized carbons (Fsp3) is 0.531. The Hall–Kier alpha value is -4.51. The molecular formula is C49H81N3O11. The topological polar surface area (TPSA) is 286 Å². The molecule has 0 rings (SSSR count). The van der Waals surface area contributed by atoms with Crippen molar-refractivity contribution in [3.8, 4) is 0 Å². The number of carboxylic acid groups (broad SMARTS) is 2. The maximum Gasteiger partial charge on any atom is 0.278 e. The number of carboxylic acids is 2. The summed E-state index contributed by atoms with van der Waals surface area (Å²) in [4.78, 5) is 32.1. The van der Waals surface area contributed by atoms with Crippen molar-refractivity contribution in [2.45, 2.75) is 160 Å². The van der Waals surface area contributed by atoms with E-state index in [2.05, 4.69) is 23.7 Å². The smallest absolute Gasteiger partial charge is 0.278 e. The maximum absolute atomic E-state index is 11.2. The van der Waals surface area contributed by atoms with Gasteiger partial charge in [-0.15, -0.1) is 0 Å². The molecule has 0 unspecified atom stereocenters. The number of allylic oxidation sites excluding steroid dienone is 12. The quantitative estimate of drug-likeness (QED) is 0.0346. The SMILES string of the molecule is CCCC[C@H](O)\C=C/C=C/C=C/[C@H](O)C/C=C\C=C\[C@H](O)CC.CC[C@@H](O)/C=C/C=C\C[C@@H](O)/C=C/C=C/C=C\[C@@H](O)CCCC(=O)[O-].C[C@H]([NH3+])C(=O)N[C@@H](CCCC[NH3+])C(=O)[O-]. The summed E-state index contributed by atoms with van der Waals surface area (Å²) >= 11 is 0. The number of hydrogen-bond acceptors (Lipinski definition) is 11. The van der Waals surface area contributed by atoms with Crippen LogP contribution in [-0.2, 0) is 14.4 Å². The third kappa shape index (κ3) is 48.4. The van der Waals surface area contributed by atoms with Crippen LogP contribution in [0.3, 0.4) is 0 Å². The number of amides is 1. The van der Waals surface area contributed by atoms with Crippen LogP contribution >= 0.6 is 0 Å². The number of aliphatic hydroxyl groups excluding tert-OH is 6. The second-order valence-corrected chi connectivity index (χ2v) is 14.7. The van der Waals surface area contributed by atoms with Gasteiger partial charge in [0, 0.05) is 5.97 Å². The fourth-order valence-electron chi connectivity index (χ4n) is 4.58. The van der Waals surface area contributed by atoms with Crippen LogP contribution in [0.4, 0.5) is 0 Å². The second-order valence-electron chi connectivity index (χ2n) is 14.7. The van der Waals surface area contributed by atoms with Crippen molar-refractivity contribution in [1.29, 1.82) is 0 Å². The number of aliphatic carboxylic acids is 2. The first kappa shape index (κ1) is 62.8.